The second-order valence-electron chi connectivity index (χ2n) is 7.53. The molecule has 3 heterocycles. The first-order valence-electron chi connectivity index (χ1n) is 9.82. The molecule has 0 fully saturated rings. The monoisotopic (exact) mass is 390 g/mol. The second kappa shape index (κ2) is 6.92. The van der Waals surface area contributed by atoms with Crippen LogP contribution in [0.1, 0.15) is 35.7 Å². The first-order chi connectivity index (χ1) is 13.8. The van der Waals surface area contributed by atoms with Gasteiger partial charge in [-0.25, -0.2) is 4.98 Å². The molecule has 4 N–H and O–H groups in total. The van der Waals surface area contributed by atoms with E-state index in [9.17, 15) is 5.11 Å². The van der Waals surface area contributed by atoms with Gasteiger partial charge in [0.15, 0.2) is 5.65 Å². The number of nitrogens with one attached hydrogen (secondary N) is 1. The Kier molecular flexibility index (Phi) is 4.53. The van der Waals surface area contributed by atoms with Crippen molar-refractivity contribution in [2.45, 2.75) is 41.0 Å². The number of rotatable bonds is 4. The van der Waals surface area contributed by atoms with Crippen LogP contribution in [0.25, 0.3) is 27.8 Å². The number of nitrogen functional groups attached to an aromatic ring is 1. The number of fused-ring (bicyclic) bond motifs is 3. The standard InChI is InChI=1S/C22H26N6O/c1-6-9-24-22-26-19(23)17-15-10-12(3)14(5)25-20(15)28(21(17)27-22)18-11(2)7-8-16(29)13(18)4/h7-8,10,29H,6,9H2,1-5H3,(H3,23,24,26,27). The van der Waals surface area contributed by atoms with E-state index < -0.39 is 0 Å². The van der Waals surface area contributed by atoms with Gasteiger partial charge < -0.3 is 16.2 Å². The number of phenols is 1. The Morgan fingerprint density at radius 2 is 1.79 bits per heavy atom. The first-order valence-corrected chi connectivity index (χ1v) is 9.82. The molecular formula is C22H26N6O. The molecule has 0 aliphatic heterocycles. The van der Waals surface area contributed by atoms with Crippen molar-refractivity contribution in [3.63, 3.8) is 0 Å². The quantitative estimate of drug-likeness (QED) is 0.480. The highest BCUT2D eigenvalue weighted by molar-refractivity contribution is 6.12. The fourth-order valence-electron chi connectivity index (χ4n) is 3.73. The van der Waals surface area contributed by atoms with Crippen molar-refractivity contribution in [2.75, 3.05) is 17.6 Å². The maximum absolute atomic E-state index is 10.4. The van der Waals surface area contributed by atoms with Crippen molar-refractivity contribution in [1.82, 2.24) is 19.5 Å². The lowest BCUT2D eigenvalue weighted by atomic mass is 10.1. The number of benzene rings is 1. The van der Waals surface area contributed by atoms with Crippen molar-refractivity contribution in [1.29, 1.82) is 0 Å². The molecule has 0 aliphatic carbocycles. The van der Waals surface area contributed by atoms with Gasteiger partial charge in [-0.15, -0.1) is 0 Å². The lowest BCUT2D eigenvalue weighted by Gasteiger charge is -2.15. The Bertz CT molecular complexity index is 1260. The first kappa shape index (κ1) is 19.0. The predicted molar refractivity (Wildman–Crippen MR) is 118 cm³/mol. The summed E-state index contributed by atoms with van der Waals surface area (Å²) in [5.41, 5.74) is 12.5. The van der Waals surface area contributed by atoms with Crippen LogP contribution in [0.15, 0.2) is 18.2 Å². The average Bonchev–Trinajstić information content (AvgIpc) is 2.97. The van der Waals surface area contributed by atoms with E-state index in [1.54, 1.807) is 6.07 Å². The van der Waals surface area contributed by atoms with Crippen LogP contribution < -0.4 is 11.1 Å². The number of hydrogen-bond acceptors (Lipinski definition) is 6. The minimum absolute atomic E-state index is 0.232. The zero-order valence-corrected chi connectivity index (χ0v) is 17.5. The summed E-state index contributed by atoms with van der Waals surface area (Å²) >= 11 is 0. The van der Waals surface area contributed by atoms with Gasteiger partial charge >= 0.3 is 0 Å². The predicted octanol–water partition coefficient (Wildman–Crippen LogP) is 4.31. The van der Waals surface area contributed by atoms with Gasteiger partial charge in [-0.1, -0.05) is 13.0 Å². The van der Waals surface area contributed by atoms with E-state index in [2.05, 4.69) is 23.3 Å². The van der Waals surface area contributed by atoms with E-state index in [-0.39, 0.29) is 5.75 Å². The number of aromatic hydroxyl groups is 1. The van der Waals surface area contributed by atoms with Crippen molar-refractivity contribution < 1.29 is 5.11 Å². The van der Waals surface area contributed by atoms with Crippen LogP contribution >= 0.6 is 0 Å². The van der Waals surface area contributed by atoms with Crippen LogP contribution in [0, 0.1) is 27.7 Å². The van der Waals surface area contributed by atoms with E-state index in [1.807, 2.05) is 38.3 Å². The Morgan fingerprint density at radius 1 is 1.03 bits per heavy atom. The van der Waals surface area contributed by atoms with Gasteiger partial charge in [-0.2, -0.15) is 9.97 Å². The van der Waals surface area contributed by atoms with Gasteiger partial charge in [0.05, 0.1) is 11.1 Å². The lowest BCUT2D eigenvalue weighted by molar-refractivity contribution is 0.470. The second-order valence-corrected chi connectivity index (χ2v) is 7.53. The zero-order chi connectivity index (χ0) is 20.9. The fraction of sp³-hybridized carbons (Fsp3) is 0.318. The third-order valence-electron chi connectivity index (χ3n) is 5.42. The summed E-state index contributed by atoms with van der Waals surface area (Å²) in [5.74, 6) is 1.14. The average molecular weight is 390 g/mol. The van der Waals surface area contributed by atoms with Gasteiger partial charge in [0.2, 0.25) is 5.95 Å². The number of phenolic OH excluding ortho intramolecular Hbond substituents is 1. The van der Waals surface area contributed by atoms with Gasteiger partial charge in [0.1, 0.15) is 17.2 Å². The molecular weight excluding hydrogens is 364 g/mol. The third kappa shape index (κ3) is 2.93. The zero-order valence-electron chi connectivity index (χ0n) is 17.5. The molecule has 0 saturated heterocycles. The largest absolute Gasteiger partial charge is 0.508 e. The molecule has 1 aromatic carbocycles. The fourth-order valence-corrected chi connectivity index (χ4v) is 3.73. The summed E-state index contributed by atoms with van der Waals surface area (Å²) in [5, 5.41) is 15.3. The molecule has 7 heteroatoms. The molecule has 3 aromatic heterocycles. The minimum Gasteiger partial charge on any atom is -0.508 e. The Labute approximate surface area is 169 Å². The summed E-state index contributed by atoms with van der Waals surface area (Å²) in [6, 6.07) is 5.70. The third-order valence-corrected chi connectivity index (χ3v) is 5.42. The van der Waals surface area contributed by atoms with Crippen molar-refractivity contribution in [3.8, 4) is 11.4 Å². The molecule has 7 nitrogen and oxygen atoms in total. The maximum Gasteiger partial charge on any atom is 0.226 e. The molecule has 150 valence electrons. The van der Waals surface area contributed by atoms with Crippen molar-refractivity contribution in [3.05, 3.63) is 40.6 Å². The molecule has 0 amide bonds. The molecule has 0 spiro atoms. The smallest absolute Gasteiger partial charge is 0.226 e. The van der Waals surface area contributed by atoms with Crippen LogP contribution in [-0.2, 0) is 0 Å². The SMILES string of the molecule is CCCNc1nc(N)c2c3cc(C)c(C)nc3n(-c3c(C)ccc(O)c3C)c2n1. The van der Waals surface area contributed by atoms with E-state index in [0.717, 1.165) is 57.5 Å². The highest BCUT2D eigenvalue weighted by Gasteiger charge is 2.22. The number of anilines is 2. The summed E-state index contributed by atoms with van der Waals surface area (Å²) in [4.78, 5) is 14.1. The van der Waals surface area contributed by atoms with Crippen LogP contribution in [0.3, 0.4) is 0 Å². The van der Waals surface area contributed by atoms with Crippen LogP contribution in [0.5, 0.6) is 5.75 Å². The maximum atomic E-state index is 10.4. The number of aryl methyl sites for hydroxylation is 3. The van der Waals surface area contributed by atoms with Crippen LogP contribution in [0.4, 0.5) is 11.8 Å². The van der Waals surface area contributed by atoms with E-state index >= 15 is 0 Å². The molecule has 0 radical (unpaired) electrons. The van der Waals surface area contributed by atoms with Gasteiger partial charge in [0, 0.05) is 23.2 Å². The molecule has 0 unspecified atom stereocenters. The summed E-state index contributed by atoms with van der Waals surface area (Å²) in [7, 11) is 0. The minimum atomic E-state index is 0.232. The Hall–Kier alpha value is -3.35. The lowest BCUT2D eigenvalue weighted by Crippen LogP contribution is -2.08. The summed E-state index contributed by atoms with van der Waals surface area (Å²) < 4.78 is 2.00. The normalized spacial score (nSPS) is 11.5. The molecule has 4 rings (SSSR count). The summed E-state index contributed by atoms with van der Waals surface area (Å²) in [6.45, 7) is 10.8. The van der Waals surface area contributed by atoms with E-state index in [0.29, 0.717) is 17.4 Å². The number of hydrogen-bond donors (Lipinski definition) is 3. The highest BCUT2D eigenvalue weighted by Crippen LogP contribution is 2.37. The van der Waals surface area contributed by atoms with Gasteiger partial charge in [-0.3, -0.25) is 4.57 Å². The van der Waals surface area contributed by atoms with Gasteiger partial charge in [0.25, 0.3) is 0 Å². The van der Waals surface area contributed by atoms with E-state index in [4.69, 9.17) is 15.7 Å². The molecule has 0 bridgehead atoms. The van der Waals surface area contributed by atoms with E-state index in [1.165, 1.54) is 0 Å². The molecule has 4 aromatic rings. The number of nitrogens with two attached hydrogens (primary N) is 1. The highest BCUT2D eigenvalue weighted by atomic mass is 16.3. The number of nitrogens with zero attached hydrogens (tertiary/aromatic N) is 4. The Morgan fingerprint density at radius 3 is 2.52 bits per heavy atom. The van der Waals surface area contributed by atoms with Gasteiger partial charge in [-0.05, 0) is 57.4 Å². The number of aromatic nitrogens is 4. The van der Waals surface area contributed by atoms with Crippen molar-refractivity contribution in [2.24, 2.45) is 0 Å². The molecule has 0 atom stereocenters. The number of pyridine rings is 1. The summed E-state index contributed by atoms with van der Waals surface area (Å²) in [6.07, 6.45) is 0.953. The molecule has 29 heavy (non-hydrogen) atoms. The van der Waals surface area contributed by atoms with Crippen molar-refractivity contribution >= 4 is 33.8 Å². The Balaban J connectivity index is 2.20. The molecule has 0 aliphatic rings. The van der Waals surface area contributed by atoms with Crippen LogP contribution in [-0.4, -0.2) is 31.2 Å². The molecule has 0 saturated carbocycles. The van der Waals surface area contributed by atoms with Crippen LogP contribution in [0.2, 0.25) is 0 Å². The topological polar surface area (TPSA) is 102 Å².